The van der Waals surface area contributed by atoms with Crippen LogP contribution in [0.15, 0.2) is 95.9 Å². The predicted octanol–water partition coefficient (Wildman–Crippen LogP) is 4.87. The van der Waals surface area contributed by atoms with Gasteiger partial charge in [0.1, 0.15) is 5.76 Å². The van der Waals surface area contributed by atoms with Gasteiger partial charge in [0.15, 0.2) is 0 Å². The van der Waals surface area contributed by atoms with Gasteiger partial charge in [-0.3, -0.25) is 0 Å². The fraction of sp³-hybridized carbons (Fsp3) is 0.111. The molecule has 0 heterocycles. The average molecular weight is 250 g/mol. The van der Waals surface area contributed by atoms with Crippen LogP contribution in [0.3, 0.4) is 0 Å². The van der Waals surface area contributed by atoms with Crippen LogP contribution in [-0.2, 0) is 0 Å². The molecular formula is C18H18O. The first-order chi connectivity index (χ1) is 9.22. The van der Waals surface area contributed by atoms with E-state index in [1.165, 1.54) is 16.7 Å². The lowest BCUT2D eigenvalue weighted by Gasteiger charge is -2.21. The molecule has 0 saturated heterocycles. The lowest BCUT2D eigenvalue weighted by molar-refractivity contribution is 0.435. The first kappa shape index (κ1) is 13.2. The number of hydrogen-bond acceptors (Lipinski definition) is 1. The highest BCUT2D eigenvalue weighted by molar-refractivity contribution is 5.58. The van der Waals surface area contributed by atoms with Crippen LogP contribution in [0.2, 0.25) is 0 Å². The van der Waals surface area contributed by atoms with Crippen molar-refractivity contribution in [3.63, 3.8) is 0 Å². The van der Waals surface area contributed by atoms with Crippen LogP contribution in [0.1, 0.15) is 12.8 Å². The molecule has 1 heteroatoms. The Balaban J connectivity index is 2.43. The second-order valence-electron chi connectivity index (χ2n) is 4.50. The molecule has 0 unspecified atom stereocenters. The maximum atomic E-state index is 9.17. The summed E-state index contributed by atoms with van der Waals surface area (Å²) in [5.74, 6) is 0.0794. The van der Waals surface area contributed by atoms with E-state index in [1.807, 2.05) is 12.2 Å². The summed E-state index contributed by atoms with van der Waals surface area (Å²) in [6.07, 6.45) is 19.8. The van der Waals surface area contributed by atoms with Gasteiger partial charge in [-0.2, -0.15) is 0 Å². The van der Waals surface area contributed by atoms with Gasteiger partial charge in [0.25, 0.3) is 0 Å². The molecule has 2 rings (SSSR count). The summed E-state index contributed by atoms with van der Waals surface area (Å²) >= 11 is 0. The molecule has 0 aromatic rings. The van der Waals surface area contributed by atoms with E-state index in [0.717, 1.165) is 18.4 Å². The molecule has 19 heavy (non-hydrogen) atoms. The number of allylic oxidation sites excluding steroid dienone is 13. The smallest absolute Gasteiger partial charge is 0.108 e. The predicted molar refractivity (Wildman–Crippen MR) is 81.8 cm³/mol. The molecule has 0 amide bonds. The van der Waals surface area contributed by atoms with Gasteiger partial charge in [0.05, 0.1) is 0 Å². The van der Waals surface area contributed by atoms with Gasteiger partial charge in [0, 0.05) is 0 Å². The molecule has 1 N–H and O–H groups in total. The Morgan fingerprint density at radius 3 is 2.16 bits per heavy atom. The molecule has 0 fully saturated rings. The highest BCUT2D eigenvalue weighted by atomic mass is 16.3. The number of fused-ring (bicyclic) bond motifs is 1. The van der Waals surface area contributed by atoms with Crippen molar-refractivity contribution in [2.45, 2.75) is 12.8 Å². The Bertz CT molecular complexity index is 575. The normalized spacial score (nSPS) is 18.5. The topological polar surface area (TPSA) is 20.2 Å². The summed E-state index contributed by atoms with van der Waals surface area (Å²) in [7, 11) is 0. The fourth-order valence-corrected chi connectivity index (χ4v) is 2.31. The van der Waals surface area contributed by atoms with Gasteiger partial charge >= 0.3 is 0 Å². The van der Waals surface area contributed by atoms with E-state index < -0.39 is 0 Å². The van der Waals surface area contributed by atoms with Crippen molar-refractivity contribution >= 4 is 0 Å². The molecule has 0 saturated carbocycles. The van der Waals surface area contributed by atoms with Gasteiger partial charge in [-0.05, 0) is 41.2 Å². The first-order valence-corrected chi connectivity index (χ1v) is 6.37. The lowest BCUT2D eigenvalue weighted by Crippen LogP contribution is -2.03. The monoisotopic (exact) mass is 250 g/mol. The largest absolute Gasteiger partial charge is 0.509 e. The third kappa shape index (κ3) is 3.14. The average Bonchev–Trinajstić information content (AvgIpc) is 2.42. The van der Waals surface area contributed by atoms with Crippen molar-refractivity contribution in [2.75, 3.05) is 0 Å². The molecule has 96 valence electrons. The molecule has 2 aliphatic rings. The van der Waals surface area contributed by atoms with E-state index in [2.05, 4.69) is 43.5 Å². The Morgan fingerprint density at radius 1 is 1.05 bits per heavy atom. The van der Waals surface area contributed by atoms with Gasteiger partial charge in [-0.25, -0.2) is 0 Å². The van der Waals surface area contributed by atoms with Crippen molar-refractivity contribution in [2.24, 2.45) is 0 Å². The maximum Gasteiger partial charge on any atom is 0.108 e. The van der Waals surface area contributed by atoms with Crippen molar-refractivity contribution in [1.82, 2.24) is 0 Å². The molecular weight excluding hydrogens is 232 g/mol. The number of aliphatic hydroxyl groups is 1. The summed E-state index contributed by atoms with van der Waals surface area (Å²) in [6, 6.07) is 0. The Morgan fingerprint density at radius 2 is 1.63 bits per heavy atom. The molecule has 1 nitrogen and oxygen atoms in total. The van der Waals surface area contributed by atoms with E-state index in [9.17, 15) is 5.11 Å². The first-order valence-electron chi connectivity index (χ1n) is 6.37. The molecule has 0 radical (unpaired) electrons. The molecule has 0 aromatic carbocycles. The SMILES string of the molecule is C=C/C=C\C1=C2CC=CC(/C=C\C(=C)O)=C2CC=C1. The minimum atomic E-state index is 0.0794. The van der Waals surface area contributed by atoms with Gasteiger partial charge in [-0.1, -0.05) is 61.8 Å². The zero-order valence-electron chi connectivity index (χ0n) is 11.0. The number of hydrogen-bond donors (Lipinski definition) is 1. The third-order valence-corrected chi connectivity index (χ3v) is 3.17. The standard InChI is InChI=1S/C18H18O/c1-3-4-7-15-8-5-11-18-16(13-12-14(2)19)9-6-10-17(15)18/h3-9,12-13,19H,1-2,10-11H2/b7-4-,13-12-. The second-order valence-corrected chi connectivity index (χ2v) is 4.50. The molecule has 0 bridgehead atoms. The Hall–Kier alpha value is -2.28. The summed E-state index contributed by atoms with van der Waals surface area (Å²) in [5.41, 5.74) is 5.06. The summed E-state index contributed by atoms with van der Waals surface area (Å²) in [6.45, 7) is 7.18. The van der Waals surface area contributed by atoms with E-state index in [1.54, 1.807) is 12.2 Å². The Labute approximate surface area is 114 Å². The zero-order chi connectivity index (χ0) is 13.7. The highest BCUT2D eigenvalue weighted by Gasteiger charge is 2.16. The van der Waals surface area contributed by atoms with Crippen molar-refractivity contribution in [3.8, 4) is 0 Å². The minimum absolute atomic E-state index is 0.0794. The quantitative estimate of drug-likeness (QED) is 0.557. The molecule has 0 aliphatic heterocycles. The number of aliphatic hydroxyl groups excluding tert-OH is 1. The van der Waals surface area contributed by atoms with E-state index in [-0.39, 0.29) is 5.76 Å². The van der Waals surface area contributed by atoms with Crippen LogP contribution in [0.25, 0.3) is 0 Å². The molecule has 2 aliphatic carbocycles. The van der Waals surface area contributed by atoms with Crippen LogP contribution in [0.4, 0.5) is 0 Å². The number of rotatable bonds is 4. The van der Waals surface area contributed by atoms with Gasteiger partial charge in [0.2, 0.25) is 0 Å². The van der Waals surface area contributed by atoms with E-state index in [4.69, 9.17) is 0 Å². The van der Waals surface area contributed by atoms with Crippen molar-refractivity contribution in [3.05, 3.63) is 95.9 Å². The second kappa shape index (κ2) is 6.05. The summed E-state index contributed by atoms with van der Waals surface area (Å²) < 4.78 is 0. The Kier molecular flexibility index (Phi) is 4.19. The van der Waals surface area contributed by atoms with E-state index >= 15 is 0 Å². The summed E-state index contributed by atoms with van der Waals surface area (Å²) in [4.78, 5) is 0. The van der Waals surface area contributed by atoms with Gasteiger partial charge in [-0.15, -0.1) is 0 Å². The van der Waals surface area contributed by atoms with Crippen molar-refractivity contribution < 1.29 is 5.11 Å². The third-order valence-electron chi connectivity index (χ3n) is 3.17. The van der Waals surface area contributed by atoms with Crippen LogP contribution in [-0.4, -0.2) is 5.11 Å². The fourth-order valence-electron chi connectivity index (χ4n) is 2.31. The van der Waals surface area contributed by atoms with Crippen molar-refractivity contribution in [1.29, 1.82) is 0 Å². The minimum Gasteiger partial charge on any atom is -0.509 e. The van der Waals surface area contributed by atoms with Crippen LogP contribution in [0, 0.1) is 0 Å². The van der Waals surface area contributed by atoms with Crippen LogP contribution in [0.5, 0.6) is 0 Å². The van der Waals surface area contributed by atoms with E-state index in [0.29, 0.717) is 0 Å². The molecule has 0 atom stereocenters. The highest BCUT2D eigenvalue weighted by Crippen LogP contribution is 2.34. The summed E-state index contributed by atoms with van der Waals surface area (Å²) in [5, 5.41) is 9.17. The van der Waals surface area contributed by atoms with Crippen LogP contribution >= 0.6 is 0 Å². The lowest BCUT2D eigenvalue weighted by atomic mass is 9.83. The maximum absolute atomic E-state index is 9.17. The van der Waals surface area contributed by atoms with Gasteiger partial charge < -0.3 is 5.11 Å². The molecule has 0 spiro atoms. The van der Waals surface area contributed by atoms with Crippen LogP contribution < -0.4 is 0 Å². The molecule has 0 aromatic heterocycles. The zero-order valence-corrected chi connectivity index (χ0v) is 11.0.